The summed E-state index contributed by atoms with van der Waals surface area (Å²) in [6.45, 7) is 1.68. The van der Waals surface area contributed by atoms with Crippen LogP contribution in [0.15, 0.2) is 10.5 Å². The molecule has 0 amide bonds. The normalized spacial score (nSPS) is 14.6. The molecule has 1 unspecified atom stereocenters. The summed E-state index contributed by atoms with van der Waals surface area (Å²) in [4.78, 5) is 0.634. The number of rotatable bonds is 1. The highest BCUT2D eigenvalue weighted by Gasteiger charge is 2.41. The average Bonchev–Trinajstić information content (AvgIpc) is 2.26. The van der Waals surface area contributed by atoms with Crippen LogP contribution in [0, 0.1) is 6.92 Å². The maximum atomic E-state index is 12.1. The van der Waals surface area contributed by atoms with Crippen molar-refractivity contribution in [1.29, 1.82) is 0 Å². The molecule has 1 nitrogen and oxygen atoms in total. The highest BCUT2D eigenvalue weighted by Crippen LogP contribution is 2.40. The fourth-order valence-corrected chi connectivity index (χ4v) is 2.72. The van der Waals surface area contributed by atoms with E-state index in [0.717, 1.165) is 16.2 Å². The molecule has 1 atom stereocenters. The maximum absolute atomic E-state index is 12.1. The van der Waals surface area contributed by atoms with E-state index >= 15 is 0 Å². The second-order valence-electron chi connectivity index (χ2n) is 2.51. The Morgan fingerprint density at radius 1 is 1.54 bits per heavy atom. The summed E-state index contributed by atoms with van der Waals surface area (Å²) in [6, 6.07) is 1.55. The number of alkyl halides is 3. The van der Waals surface area contributed by atoms with Crippen molar-refractivity contribution >= 4 is 27.3 Å². The first kappa shape index (κ1) is 11.0. The van der Waals surface area contributed by atoms with E-state index in [9.17, 15) is 13.2 Å². The lowest BCUT2D eigenvalue weighted by molar-refractivity contribution is -0.205. The SMILES string of the molecule is Cc1cc(Br)c(C(O)C(F)(F)F)s1. The molecular weight excluding hydrogens is 269 g/mol. The van der Waals surface area contributed by atoms with E-state index in [1.165, 1.54) is 0 Å². The quantitative estimate of drug-likeness (QED) is 0.832. The van der Waals surface area contributed by atoms with Crippen molar-refractivity contribution in [3.05, 3.63) is 20.3 Å². The molecule has 0 saturated carbocycles. The molecule has 0 aliphatic heterocycles. The van der Waals surface area contributed by atoms with Crippen LogP contribution in [-0.4, -0.2) is 11.3 Å². The van der Waals surface area contributed by atoms with Crippen molar-refractivity contribution in [3.63, 3.8) is 0 Å². The minimum atomic E-state index is -4.60. The average molecular weight is 275 g/mol. The standard InChI is InChI=1S/C7H6BrF3OS/c1-3-2-4(8)5(13-3)6(12)7(9,10)11/h2,6,12H,1H3. The third-order valence-corrected chi connectivity index (χ3v) is 3.42. The highest BCUT2D eigenvalue weighted by atomic mass is 79.9. The summed E-state index contributed by atoms with van der Waals surface area (Å²) in [6.07, 6.45) is -6.99. The van der Waals surface area contributed by atoms with Crippen molar-refractivity contribution in [1.82, 2.24) is 0 Å². The van der Waals surface area contributed by atoms with E-state index in [-0.39, 0.29) is 4.88 Å². The van der Waals surface area contributed by atoms with Crippen molar-refractivity contribution in [2.45, 2.75) is 19.2 Å². The van der Waals surface area contributed by atoms with Gasteiger partial charge < -0.3 is 5.11 Å². The summed E-state index contributed by atoms with van der Waals surface area (Å²) in [5.41, 5.74) is 0. The number of halogens is 4. The van der Waals surface area contributed by atoms with Crippen LogP contribution in [0.2, 0.25) is 0 Å². The Balaban J connectivity index is 3.01. The van der Waals surface area contributed by atoms with Gasteiger partial charge >= 0.3 is 6.18 Å². The Labute approximate surface area is 85.3 Å². The number of hydrogen-bond donors (Lipinski definition) is 1. The Kier molecular flexibility index (Phi) is 3.04. The van der Waals surface area contributed by atoms with Crippen molar-refractivity contribution in [2.24, 2.45) is 0 Å². The fraction of sp³-hybridized carbons (Fsp3) is 0.429. The molecule has 6 heteroatoms. The van der Waals surface area contributed by atoms with Gasteiger partial charge in [0.05, 0.1) is 4.88 Å². The van der Waals surface area contributed by atoms with Crippen LogP contribution in [0.3, 0.4) is 0 Å². The monoisotopic (exact) mass is 274 g/mol. The second-order valence-corrected chi connectivity index (χ2v) is 4.66. The van der Waals surface area contributed by atoms with Crippen molar-refractivity contribution in [2.75, 3.05) is 0 Å². The summed E-state index contributed by atoms with van der Waals surface area (Å²) in [5.74, 6) is 0. The third-order valence-electron chi connectivity index (χ3n) is 1.39. The van der Waals surface area contributed by atoms with Crippen molar-refractivity contribution < 1.29 is 18.3 Å². The van der Waals surface area contributed by atoms with Gasteiger partial charge in [-0.2, -0.15) is 13.2 Å². The van der Waals surface area contributed by atoms with E-state index in [0.29, 0.717) is 4.47 Å². The molecule has 0 fully saturated rings. The van der Waals surface area contributed by atoms with Gasteiger partial charge in [0.15, 0.2) is 6.10 Å². The predicted octanol–water partition coefficient (Wildman–Crippen LogP) is 3.41. The molecule has 0 aliphatic rings. The Morgan fingerprint density at radius 3 is 2.38 bits per heavy atom. The fourth-order valence-electron chi connectivity index (χ4n) is 0.836. The number of aliphatic hydroxyl groups excluding tert-OH is 1. The lowest BCUT2D eigenvalue weighted by atomic mass is 10.3. The molecule has 0 saturated heterocycles. The van der Waals surface area contributed by atoms with E-state index in [1.54, 1.807) is 13.0 Å². The summed E-state index contributed by atoms with van der Waals surface area (Å²) in [5, 5.41) is 8.91. The lowest BCUT2D eigenvalue weighted by Crippen LogP contribution is -2.19. The molecule has 1 rings (SSSR count). The largest absolute Gasteiger partial charge is 0.419 e. The molecule has 1 N–H and O–H groups in total. The number of hydrogen-bond acceptors (Lipinski definition) is 2. The molecule has 0 spiro atoms. The smallest absolute Gasteiger partial charge is 0.379 e. The van der Waals surface area contributed by atoms with Gasteiger partial charge in [0.25, 0.3) is 0 Å². The Morgan fingerprint density at radius 2 is 2.08 bits per heavy atom. The van der Waals surface area contributed by atoms with E-state index in [1.807, 2.05) is 0 Å². The molecule has 74 valence electrons. The zero-order chi connectivity index (χ0) is 10.2. The van der Waals surface area contributed by atoms with Crippen LogP contribution in [0.25, 0.3) is 0 Å². The van der Waals surface area contributed by atoms with E-state index in [4.69, 9.17) is 5.11 Å². The predicted molar refractivity (Wildman–Crippen MR) is 47.8 cm³/mol. The minimum absolute atomic E-state index is 0.0926. The Bertz CT molecular complexity index is 307. The molecular formula is C7H6BrF3OS. The molecule has 0 bridgehead atoms. The van der Waals surface area contributed by atoms with Gasteiger partial charge in [0, 0.05) is 9.35 Å². The first-order valence-corrected chi connectivity index (χ1v) is 4.94. The zero-order valence-corrected chi connectivity index (χ0v) is 8.92. The Hall–Kier alpha value is -0.0700. The number of thiophene rings is 1. The zero-order valence-electron chi connectivity index (χ0n) is 6.52. The first-order chi connectivity index (χ1) is 5.82. The molecule has 1 heterocycles. The van der Waals surface area contributed by atoms with Gasteiger partial charge in [0.1, 0.15) is 0 Å². The van der Waals surface area contributed by atoms with Crippen LogP contribution in [0.4, 0.5) is 13.2 Å². The molecule has 0 aliphatic carbocycles. The highest BCUT2D eigenvalue weighted by molar-refractivity contribution is 9.10. The topological polar surface area (TPSA) is 20.2 Å². The van der Waals surface area contributed by atoms with Crippen LogP contribution in [0.5, 0.6) is 0 Å². The molecule has 0 aromatic carbocycles. The van der Waals surface area contributed by atoms with Crippen LogP contribution >= 0.6 is 27.3 Å². The van der Waals surface area contributed by atoms with Gasteiger partial charge in [-0.3, -0.25) is 0 Å². The lowest BCUT2D eigenvalue weighted by Gasteiger charge is -2.12. The maximum Gasteiger partial charge on any atom is 0.419 e. The molecule has 1 aromatic rings. The molecule has 0 radical (unpaired) electrons. The first-order valence-electron chi connectivity index (χ1n) is 3.33. The van der Waals surface area contributed by atoms with Crippen molar-refractivity contribution in [3.8, 4) is 0 Å². The summed E-state index contributed by atoms with van der Waals surface area (Å²) in [7, 11) is 0. The summed E-state index contributed by atoms with van der Waals surface area (Å²) < 4.78 is 36.5. The van der Waals surface area contributed by atoms with Gasteiger partial charge in [-0.05, 0) is 28.9 Å². The van der Waals surface area contributed by atoms with Crippen LogP contribution < -0.4 is 0 Å². The molecule has 13 heavy (non-hydrogen) atoms. The number of aryl methyl sites for hydroxylation is 1. The van der Waals surface area contributed by atoms with Gasteiger partial charge in [-0.25, -0.2) is 0 Å². The number of aliphatic hydroxyl groups is 1. The van der Waals surface area contributed by atoms with Crippen LogP contribution in [0.1, 0.15) is 15.9 Å². The van der Waals surface area contributed by atoms with E-state index in [2.05, 4.69) is 15.9 Å². The second kappa shape index (κ2) is 3.59. The van der Waals surface area contributed by atoms with Gasteiger partial charge in [0.2, 0.25) is 0 Å². The molecule has 1 aromatic heterocycles. The van der Waals surface area contributed by atoms with Gasteiger partial charge in [-0.15, -0.1) is 11.3 Å². The van der Waals surface area contributed by atoms with Gasteiger partial charge in [-0.1, -0.05) is 0 Å². The van der Waals surface area contributed by atoms with Crippen LogP contribution in [-0.2, 0) is 0 Å². The summed E-state index contributed by atoms with van der Waals surface area (Å²) >= 11 is 3.89. The van der Waals surface area contributed by atoms with E-state index < -0.39 is 12.3 Å². The minimum Gasteiger partial charge on any atom is -0.379 e. The third kappa shape index (κ3) is 2.45.